The van der Waals surface area contributed by atoms with E-state index in [0.29, 0.717) is 23.4 Å². The number of anilines is 1. The molecule has 2 rings (SSSR count). The standard InChI is InChI=1S/C18H22N4O2/c1-12-5-4-6-15(18(24)21-11-13(2)19-3)16(12)22-17(23)14-7-9-20-10-8-14/h4-10,13,19H,11H2,1-3H3,(H,21,24)(H,22,23). The Morgan fingerprint density at radius 3 is 2.50 bits per heavy atom. The van der Waals surface area contributed by atoms with Gasteiger partial charge in [0.2, 0.25) is 0 Å². The van der Waals surface area contributed by atoms with Crippen LogP contribution < -0.4 is 16.0 Å². The van der Waals surface area contributed by atoms with Gasteiger partial charge in [0.15, 0.2) is 0 Å². The Bertz CT molecular complexity index is 716. The maximum atomic E-state index is 12.5. The Morgan fingerprint density at radius 2 is 1.83 bits per heavy atom. The van der Waals surface area contributed by atoms with Crippen molar-refractivity contribution in [2.45, 2.75) is 19.9 Å². The molecule has 1 aromatic heterocycles. The molecule has 2 amide bonds. The topological polar surface area (TPSA) is 83.1 Å². The Kier molecular flexibility index (Phi) is 6.03. The maximum Gasteiger partial charge on any atom is 0.255 e. The van der Waals surface area contributed by atoms with Crippen LogP contribution in [0.15, 0.2) is 42.7 Å². The maximum absolute atomic E-state index is 12.5. The zero-order chi connectivity index (χ0) is 17.5. The first-order valence-corrected chi connectivity index (χ1v) is 7.79. The third kappa shape index (κ3) is 4.39. The van der Waals surface area contributed by atoms with Crippen LogP contribution >= 0.6 is 0 Å². The van der Waals surface area contributed by atoms with Crippen molar-refractivity contribution in [1.29, 1.82) is 0 Å². The average molecular weight is 326 g/mol. The molecule has 1 unspecified atom stereocenters. The number of benzene rings is 1. The lowest BCUT2D eigenvalue weighted by Crippen LogP contribution is -2.37. The first-order valence-electron chi connectivity index (χ1n) is 7.79. The summed E-state index contributed by atoms with van der Waals surface area (Å²) >= 11 is 0. The van der Waals surface area contributed by atoms with Crippen molar-refractivity contribution >= 4 is 17.5 Å². The fourth-order valence-corrected chi connectivity index (χ4v) is 2.15. The Hall–Kier alpha value is -2.73. The van der Waals surface area contributed by atoms with E-state index in [0.717, 1.165) is 5.56 Å². The lowest BCUT2D eigenvalue weighted by Gasteiger charge is -2.16. The van der Waals surface area contributed by atoms with E-state index < -0.39 is 0 Å². The van der Waals surface area contributed by atoms with Gasteiger partial charge in [0.1, 0.15) is 0 Å². The van der Waals surface area contributed by atoms with Crippen LogP contribution in [0.5, 0.6) is 0 Å². The summed E-state index contributed by atoms with van der Waals surface area (Å²) in [7, 11) is 1.84. The first kappa shape index (κ1) is 17.6. The molecule has 24 heavy (non-hydrogen) atoms. The highest BCUT2D eigenvalue weighted by atomic mass is 16.2. The third-order valence-electron chi connectivity index (χ3n) is 3.76. The molecular weight excluding hydrogens is 304 g/mol. The molecule has 6 heteroatoms. The molecule has 0 fully saturated rings. The number of hydrogen-bond donors (Lipinski definition) is 3. The van der Waals surface area contributed by atoms with Gasteiger partial charge in [-0.1, -0.05) is 12.1 Å². The Morgan fingerprint density at radius 1 is 1.12 bits per heavy atom. The van der Waals surface area contributed by atoms with Gasteiger partial charge in [-0.2, -0.15) is 0 Å². The highest BCUT2D eigenvalue weighted by molar-refractivity contribution is 6.09. The summed E-state index contributed by atoms with van der Waals surface area (Å²) in [6, 6.07) is 8.77. The summed E-state index contributed by atoms with van der Waals surface area (Å²) in [4.78, 5) is 28.7. The van der Waals surface area contributed by atoms with Crippen LogP contribution in [0.4, 0.5) is 5.69 Å². The van der Waals surface area contributed by atoms with Gasteiger partial charge in [0.05, 0.1) is 11.3 Å². The molecule has 0 aliphatic carbocycles. The molecule has 0 saturated carbocycles. The zero-order valence-corrected chi connectivity index (χ0v) is 14.1. The van der Waals surface area contributed by atoms with E-state index in [2.05, 4.69) is 20.9 Å². The summed E-state index contributed by atoms with van der Waals surface area (Å²) < 4.78 is 0. The van der Waals surface area contributed by atoms with Crippen molar-refractivity contribution in [1.82, 2.24) is 15.6 Å². The molecule has 0 saturated heterocycles. The molecule has 0 aliphatic rings. The summed E-state index contributed by atoms with van der Waals surface area (Å²) in [5.41, 5.74) is 2.28. The second kappa shape index (κ2) is 8.21. The van der Waals surface area contributed by atoms with Crippen molar-refractivity contribution < 1.29 is 9.59 Å². The predicted octanol–water partition coefficient (Wildman–Crippen LogP) is 1.98. The highest BCUT2D eigenvalue weighted by Gasteiger charge is 2.16. The molecule has 0 bridgehead atoms. The highest BCUT2D eigenvalue weighted by Crippen LogP contribution is 2.21. The van der Waals surface area contributed by atoms with Gasteiger partial charge >= 0.3 is 0 Å². The monoisotopic (exact) mass is 326 g/mol. The number of nitrogens with one attached hydrogen (secondary N) is 3. The van der Waals surface area contributed by atoms with Crippen LogP contribution in [0.3, 0.4) is 0 Å². The number of amides is 2. The normalized spacial score (nSPS) is 11.6. The molecule has 6 nitrogen and oxygen atoms in total. The van der Waals surface area contributed by atoms with Crippen LogP contribution in [0.25, 0.3) is 0 Å². The number of carbonyl (C=O) groups is 2. The minimum Gasteiger partial charge on any atom is -0.350 e. The smallest absolute Gasteiger partial charge is 0.255 e. The van der Waals surface area contributed by atoms with Crippen molar-refractivity contribution in [2.75, 3.05) is 18.9 Å². The Labute approximate surface area is 141 Å². The number of rotatable bonds is 6. The quantitative estimate of drug-likeness (QED) is 0.758. The van der Waals surface area contributed by atoms with Gasteiger partial charge in [0, 0.05) is 30.5 Å². The van der Waals surface area contributed by atoms with Gasteiger partial charge < -0.3 is 16.0 Å². The molecule has 0 spiro atoms. The van der Waals surface area contributed by atoms with Crippen LogP contribution in [0.1, 0.15) is 33.2 Å². The van der Waals surface area contributed by atoms with E-state index >= 15 is 0 Å². The summed E-state index contributed by atoms with van der Waals surface area (Å²) in [5.74, 6) is -0.491. The molecule has 126 valence electrons. The number of hydrogen-bond acceptors (Lipinski definition) is 4. The number of para-hydroxylation sites is 1. The molecule has 1 aromatic carbocycles. The molecule has 1 atom stereocenters. The van der Waals surface area contributed by atoms with Gasteiger partial charge in [-0.25, -0.2) is 0 Å². The second-order valence-electron chi connectivity index (χ2n) is 5.59. The lowest BCUT2D eigenvalue weighted by atomic mass is 10.1. The van der Waals surface area contributed by atoms with E-state index in [9.17, 15) is 9.59 Å². The number of aromatic nitrogens is 1. The van der Waals surface area contributed by atoms with E-state index in [1.54, 1.807) is 36.7 Å². The lowest BCUT2D eigenvalue weighted by molar-refractivity contribution is 0.0951. The van der Waals surface area contributed by atoms with Crippen LogP contribution in [-0.4, -0.2) is 36.4 Å². The third-order valence-corrected chi connectivity index (χ3v) is 3.76. The van der Waals surface area contributed by atoms with Crippen LogP contribution in [0, 0.1) is 6.92 Å². The molecule has 0 radical (unpaired) electrons. The fraction of sp³-hybridized carbons (Fsp3) is 0.278. The molecule has 2 aromatic rings. The van der Waals surface area contributed by atoms with E-state index in [1.165, 1.54) is 0 Å². The van der Waals surface area contributed by atoms with Crippen LogP contribution in [0.2, 0.25) is 0 Å². The van der Waals surface area contributed by atoms with E-state index in [-0.39, 0.29) is 17.9 Å². The largest absolute Gasteiger partial charge is 0.350 e. The number of aryl methyl sites for hydroxylation is 1. The number of nitrogens with zero attached hydrogens (tertiary/aromatic N) is 1. The SMILES string of the molecule is CNC(C)CNC(=O)c1cccc(C)c1NC(=O)c1ccncc1. The Balaban J connectivity index is 2.20. The van der Waals surface area contributed by atoms with Gasteiger partial charge in [-0.05, 0) is 44.7 Å². The zero-order valence-electron chi connectivity index (χ0n) is 14.1. The number of likely N-dealkylation sites (N-methyl/N-ethyl adjacent to an activating group) is 1. The molecule has 0 aliphatic heterocycles. The van der Waals surface area contributed by atoms with Gasteiger partial charge in [-0.15, -0.1) is 0 Å². The molecule has 1 heterocycles. The average Bonchev–Trinajstić information content (AvgIpc) is 2.61. The minimum absolute atomic E-state index is 0.161. The molecule has 3 N–H and O–H groups in total. The van der Waals surface area contributed by atoms with Crippen molar-refractivity contribution in [2.24, 2.45) is 0 Å². The summed E-state index contributed by atoms with van der Waals surface area (Å²) in [5, 5.41) is 8.76. The molecular formula is C18H22N4O2. The first-order chi connectivity index (χ1) is 11.5. The number of carbonyl (C=O) groups excluding carboxylic acids is 2. The minimum atomic E-state index is -0.274. The predicted molar refractivity (Wildman–Crippen MR) is 94.2 cm³/mol. The van der Waals surface area contributed by atoms with Gasteiger partial charge in [0.25, 0.3) is 11.8 Å². The van der Waals surface area contributed by atoms with Crippen LogP contribution in [-0.2, 0) is 0 Å². The van der Waals surface area contributed by atoms with Crippen molar-refractivity contribution in [3.05, 3.63) is 59.4 Å². The van der Waals surface area contributed by atoms with E-state index in [4.69, 9.17) is 0 Å². The summed E-state index contributed by atoms with van der Waals surface area (Å²) in [6.45, 7) is 4.33. The second-order valence-corrected chi connectivity index (χ2v) is 5.59. The summed E-state index contributed by atoms with van der Waals surface area (Å²) in [6.07, 6.45) is 3.11. The number of pyridine rings is 1. The van der Waals surface area contributed by atoms with Crippen molar-refractivity contribution in [3.63, 3.8) is 0 Å². The van der Waals surface area contributed by atoms with Crippen molar-refractivity contribution in [3.8, 4) is 0 Å². The fourth-order valence-electron chi connectivity index (χ4n) is 2.15. The van der Waals surface area contributed by atoms with E-state index in [1.807, 2.05) is 27.0 Å². The van der Waals surface area contributed by atoms with Gasteiger partial charge in [-0.3, -0.25) is 14.6 Å².